The molecule has 130 valence electrons. The second-order valence-corrected chi connectivity index (χ2v) is 7.21. The molecule has 3 aromatic heterocycles. The van der Waals surface area contributed by atoms with Crippen molar-refractivity contribution in [3.63, 3.8) is 0 Å². The summed E-state index contributed by atoms with van der Waals surface area (Å²) in [5, 5.41) is 5.67. The van der Waals surface area contributed by atoms with Gasteiger partial charge >= 0.3 is 6.03 Å². The zero-order valence-electron chi connectivity index (χ0n) is 13.5. The predicted octanol–water partition coefficient (Wildman–Crippen LogP) is 4.66. The van der Waals surface area contributed by atoms with Crippen LogP contribution in [0.3, 0.4) is 0 Å². The van der Waals surface area contributed by atoms with E-state index in [0.717, 1.165) is 10.6 Å². The number of nitrogens with one attached hydrogen (secondary N) is 1. The normalized spacial score (nSPS) is 10.8. The quantitative estimate of drug-likeness (QED) is 0.557. The first-order valence-corrected chi connectivity index (χ1v) is 9.29. The third kappa shape index (κ3) is 3.14. The molecule has 1 N–H and O–H groups in total. The Bertz CT molecular complexity index is 1070. The fraction of sp³-hybridized carbons (Fsp3) is 0.0588. The molecule has 3 heterocycles. The Morgan fingerprint density at radius 2 is 2.12 bits per heavy atom. The van der Waals surface area contributed by atoms with Crippen LogP contribution in [0.1, 0.15) is 5.69 Å². The van der Waals surface area contributed by atoms with Gasteiger partial charge in [-0.3, -0.25) is 9.88 Å². The maximum Gasteiger partial charge on any atom is 0.333 e. The van der Waals surface area contributed by atoms with Crippen LogP contribution in [0.2, 0.25) is 0 Å². The minimum atomic E-state index is -0.340. The van der Waals surface area contributed by atoms with Crippen LogP contribution in [0.25, 0.3) is 21.1 Å². The smallest absolute Gasteiger partial charge is 0.283 e. The van der Waals surface area contributed by atoms with Crippen LogP contribution < -0.4 is 5.32 Å². The maximum absolute atomic E-state index is 14.0. The monoisotopic (exact) mass is 385 g/mol. The van der Waals surface area contributed by atoms with E-state index in [4.69, 9.17) is 0 Å². The number of amides is 1. The van der Waals surface area contributed by atoms with Crippen LogP contribution in [0.15, 0.2) is 48.4 Å². The molecule has 0 radical (unpaired) electrons. The number of aromatic nitrogens is 4. The van der Waals surface area contributed by atoms with Gasteiger partial charge in [0, 0.05) is 23.3 Å². The maximum atomic E-state index is 14.0. The van der Waals surface area contributed by atoms with Gasteiger partial charge in [-0.05, 0) is 19.1 Å². The molecule has 0 atom stereocenters. The fourth-order valence-corrected chi connectivity index (χ4v) is 4.19. The highest BCUT2D eigenvalue weighted by molar-refractivity contribution is 7.19. The highest BCUT2D eigenvalue weighted by Gasteiger charge is 2.16. The van der Waals surface area contributed by atoms with Crippen LogP contribution in [0.5, 0.6) is 0 Å². The summed E-state index contributed by atoms with van der Waals surface area (Å²) < 4.78 is 15.3. The summed E-state index contributed by atoms with van der Waals surface area (Å²) in [6, 6.07) is 6.21. The number of thiazole rings is 2. The summed E-state index contributed by atoms with van der Waals surface area (Å²) in [5.74, 6) is -0.303. The number of anilines is 1. The van der Waals surface area contributed by atoms with Gasteiger partial charge < -0.3 is 0 Å². The topological polar surface area (TPSA) is 72.7 Å². The van der Waals surface area contributed by atoms with E-state index in [0.29, 0.717) is 21.4 Å². The molecule has 0 bridgehead atoms. The Labute approximate surface area is 156 Å². The summed E-state index contributed by atoms with van der Waals surface area (Å²) in [5.41, 5.74) is 1.94. The number of halogens is 1. The van der Waals surface area contributed by atoms with E-state index in [1.807, 2.05) is 12.3 Å². The summed E-state index contributed by atoms with van der Waals surface area (Å²) >= 11 is 2.69. The van der Waals surface area contributed by atoms with Gasteiger partial charge in [0.2, 0.25) is 0 Å². The van der Waals surface area contributed by atoms with Gasteiger partial charge in [0.05, 0.1) is 16.3 Å². The van der Waals surface area contributed by atoms with Crippen LogP contribution >= 0.6 is 22.7 Å². The molecular weight excluding hydrogens is 373 g/mol. The summed E-state index contributed by atoms with van der Waals surface area (Å²) in [6.07, 6.45) is 4.49. The second-order valence-electron chi connectivity index (χ2n) is 5.35. The van der Waals surface area contributed by atoms with E-state index in [1.54, 1.807) is 24.4 Å². The van der Waals surface area contributed by atoms with Crippen molar-refractivity contribution >= 4 is 33.8 Å². The molecule has 4 aromatic rings. The van der Waals surface area contributed by atoms with E-state index >= 15 is 0 Å². The number of carbonyl (C=O) groups is 1. The number of benzene rings is 1. The molecule has 0 saturated heterocycles. The third-order valence-electron chi connectivity index (χ3n) is 3.59. The van der Waals surface area contributed by atoms with Crippen molar-refractivity contribution in [2.45, 2.75) is 6.92 Å². The van der Waals surface area contributed by atoms with Crippen molar-refractivity contribution < 1.29 is 9.18 Å². The van der Waals surface area contributed by atoms with Gasteiger partial charge in [-0.15, -0.1) is 11.3 Å². The molecule has 0 aliphatic rings. The number of nitrogens with zero attached hydrogens (tertiary/aromatic N) is 4. The van der Waals surface area contributed by atoms with Gasteiger partial charge in [-0.2, -0.15) is 0 Å². The van der Waals surface area contributed by atoms with Crippen LogP contribution in [-0.4, -0.2) is 25.6 Å². The van der Waals surface area contributed by atoms with Crippen molar-refractivity contribution in [3.8, 4) is 21.1 Å². The first kappa shape index (κ1) is 16.6. The van der Waals surface area contributed by atoms with Gasteiger partial charge in [-0.1, -0.05) is 23.5 Å². The zero-order valence-corrected chi connectivity index (χ0v) is 15.1. The van der Waals surface area contributed by atoms with Crippen LogP contribution in [0.4, 0.5) is 14.3 Å². The number of hydrogen-bond donors (Lipinski definition) is 1. The van der Waals surface area contributed by atoms with Gasteiger partial charge in [0.1, 0.15) is 17.2 Å². The lowest BCUT2D eigenvalue weighted by Gasteiger charge is -2.00. The van der Waals surface area contributed by atoms with E-state index in [1.165, 1.54) is 45.8 Å². The summed E-state index contributed by atoms with van der Waals surface area (Å²) in [6.45, 7) is 1.85. The summed E-state index contributed by atoms with van der Waals surface area (Å²) in [7, 11) is 0. The molecule has 0 aliphatic heterocycles. The minimum absolute atomic E-state index is 0.303. The van der Waals surface area contributed by atoms with Crippen molar-refractivity contribution in [2.75, 3.05) is 5.32 Å². The highest BCUT2D eigenvalue weighted by Crippen LogP contribution is 2.36. The van der Waals surface area contributed by atoms with Gasteiger partial charge in [0.25, 0.3) is 0 Å². The van der Waals surface area contributed by atoms with Crippen LogP contribution in [-0.2, 0) is 0 Å². The fourth-order valence-electron chi connectivity index (χ4n) is 2.36. The summed E-state index contributed by atoms with van der Waals surface area (Å²) in [4.78, 5) is 25.7. The minimum Gasteiger partial charge on any atom is -0.283 e. The Morgan fingerprint density at radius 1 is 1.27 bits per heavy atom. The molecule has 4 rings (SSSR count). The lowest BCUT2D eigenvalue weighted by molar-refractivity contribution is 0.253. The third-order valence-corrected chi connectivity index (χ3v) is 5.56. The molecule has 9 heteroatoms. The number of carbonyl (C=O) groups excluding carboxylic acids is 1. The number of imidazole rings is 1. The Morgan fingerprint density at radius 3 is 2.88 bits per heavy atom. The molecule has 1 amide bonds. The SMILES string of the molecule is Cc1nc(NC(=O)n2ccnc2)sc1-c1csc(-c2ccccc2F)n1. The number of hydrogen-bond acceptors (Lipinski definition) is 6. The largest absolute Gasteiger partial charge is 0.333 e. The molecule has 0 spiro atoms. The highest BCUT2D eigenvalue weighted by atomic mass is 32.1. The van der Waals surface area contributed by atoms with E-state index < -0.39 is 0 Å². The second kappa shape index (κ2) is 6.77. The number of rotatable bonds is 3. The molecule has 6 nitrogen and oxygen atoms in total. The first-order chi connectivity index (χ1) is 12.6. The molecule has 1 aromatic carbocycles. The lowest BCUT2D eigenvalue weighted by atomic mass is 10.2. The van der Waals surface area contributed by atoms with Crippen molar-refractivity contribution in [3.05, 3.63) is 59.9 Å². The standard InChI is InChI=1S/C17H12FN5OS2/c1-10-14(26-16(20-10)22-17(24)23-7-6-19-9-23)13-8-25-15(21-13)11-4-2-3-5-12(11)18/h2-9H,1H3,(H,20,22,24). The van der Waals surface area contributed by atoms with Crippen molar-refractivity contribution in [2.24, 2.45) is 0 Å². The van der Waals surface area contributed by atoms with Crippen molar-refractivity contribution in [1.82, 2.24) is 19.5 Å². The zero-order chi connectivity index (χ0) is 18.1. The number of aryl methyl sites for hydroxylation is 1. The Hall–Kier alpha value is -2.91. The average Bonchev–Trinajstić information content (AvgIpc) is 3.35. The van der Waals surface area contributed by atoms with E-state index in [-0.39, 0.29) is 11.8 Å². The van der Waals surface area contributed by atoms with Crippen molar-refractivity contribution in [1.29, 1.82) is 0 Å². The molecule has 0 unspecified atom stereocenters. The molecule has 0 saturated carbocycles. The van der Waals surface area contributed by atoms with E-state index in [2.05, 4.69) is 20.3 Å². The van der Waals surface area contributed by atoms with Crippen LogP contribution in [0, 0.1) is 12.7 Å². The van der Waals surface area contributed by atoms with Gasteiger partial charge in [-0.25, -0.2) is 24.1 Å². The van der Waals surface area contributed by atoms with Gasteiger partial charge in [0.15, 0.2) is 5.13 Å². The molecule has 26 heavy (non-hydrogen) atoms. The Balaban J connectivity index is 1.60. The first-order valence-electron chi connectivity index (χ1n) is 7.59. The average molecular weight is 385 g/mol. The molecular formula is C17H12FN5OS2. The predicted molar refractivity (Wildman–Crippen MR) is 100.0 cm³/mol. The molecule has 0 fully saturated rings. The molecule has 0 aliphatic carbocycles. The van der Waals surface area contributed by atoms with E-state index in [9.17, 15) is 9.18 Å². The Kier molecular flexibility index (Phi) is 4.31. The lowest BCUT2D eigenvalue weighted by Crippen LogP contribution is -2.17.